The van der Waals surface area contributed by atoms with E-state index in [4.69, 9.17) is 4.74 Å². The summed E-state index contributed by atoms with van der Waals surface area (Å²) in [5.74, 6) is 0.498. The van der Waals surface area contributed by atoms with Crippen LogP contribution >= 0.6 is 0 Å². The lowest BCUT2D eigenvalue weighted by molar-refractivity contribution is -0.123. The van der Waals surface area contributed by atoms with E-state index in [9.17, 15) is 9.59 Å². The van der Waals surface area contributed by atoms with Gasteiger partial charge in [-0.3, -0.25) is 9.59 Å². The van der Waals surface area contributed by atoms with Crippen molar-refractivity contribution in [2.75, 3.05) is 25.2 Å². The van der Waals surface area contributed by atoms with Crippen molar-refractivity contribution < 1.29 is 14.3 Å². The van der Waals surface area contributed by atoms with Crippen molar-refractivity contribution in [1.29, 1.82) is 0 Å². The van der Waals surface area contributed by atoms with Gasteiger partial charge in [0.05, 0.1) is 12.2 Å². The molecule has 28 heavy (non-hydrogen) atoms. The van der Waals surface area contributed by atoms with Crippen molar-refractivity contribution in [3.05, 3.63) is 59.7 Å². The van der Waals surface area contributed by atoms with Crippen molar-refractivity contribution in [1.82, 2.24) is 4.90 Å². The van der Waals surface area contributed by atoms with Crippen LogP contribution in [-0.2, 0) is 9.59 Å². The summed E-state index contributed by atoms with van der Waals surface area (Å²) < 4.78 is 5.72. The number of hydrogen-bond acceptors (Lipinski definition) is 4. The molecule has 6 heteroatoms. The van der Waals surface area contributed by atoms with Crippen LogP contribution in [0.3, 0.4) is 0 Å². The van der Waals surface area contributed by atoms with Gasteiger partial charge in [0.25, 0.3) is 5.91 Å². The predicted octanol–water partition coefficient (Wildman–Crippen LogP) is 3.32. The van der Waals surface area contributed by atoms with Crippen LogP contribution in [0.4, 0.5) is 5.69 Å². The van der Waals surface area contributed by atoms with Gasteiger partial charge in [0.2, 0.25) is 5.91 Å². The van der Waals surface area contributed by atoms with Crippen LogP contribution in [0.15, 0.2) is 53.6 Å². The minimum absolute atomic E-state index is 0.104. The Balaban J connectivity index is 1.63. The number of anilines is 1. The van der Waals surface area contributed by atoms with Crippen molar-refractivity contribution in [3.8, 4) is 5.75 Å². The molecule has 0 radical (unpaired) electrons. The smallest absolute Gasteiger partial charge is 0.269 e. The molecule has 2 aromatic carbocycles. The molecular formula is C22H25N3O3. The summed E-state index contributed by atoms with van der Waals surface area (Å²) in [7, 11) is 1.72. The van der Waals surface area contributed by atoms with Crippen LogP contribution in [0.5, 0.6) is 5.75 Å². The molecule has 1 aliphatic rings. The average Bonchev–Trinajstić information content (AvgIpc) is 2.68. The SMILES string of the molecule is Cc1cccc(OCCN(C)C(=O)C2=NN(c3cccc(C)c3)C(=O)CC2)c1. The maximum atomic E-state index is 12.7. The predicted molar refractivity (Wildman–Crippen MR) is 110 cm³/mol. The van der Waals surface area contributed by atoms with Crippen molar-refractivity contribution in [3.63, 3.8) is 0 Å². The number of benzene rings is 2. The molecule has 1 aliphatic heterocycles. The summed E-state index contributed by atoms with van der Waals surface area (Å²) in [5.41, 5.74) is 3.23. The molecule has 2 amide bonds. The van der Waals surface area contributed by atoms with E-state index in [1.165, 1.54) is 5.01 Å². The van der Waals surface area contributed by atoms with Crippen molar-refractivity contribution >= 4 is 23.2 Å². The summed E-state index contributed by atoms with van der Waals surface area (Å²) in [5, 5.41) is 5.68. The van der Waals surface area contributed by atoms with E-state index in [2.05, 4.69) is 5.10 Å². The number of amides is 2. The molecule has 6 nitrogen and oxygen atoms in total. The first kappa shape index (κ1) is 19.6. The number of carbonyl (C=O) groups is 2. The Morgan fingerprint density at radius 2 is 1.82 bits per heavy atom. The zero-order valence-corrected chi connectivity index (χ0v) is 16.5. The number of hydrogen-bond donors (Lipinski definition) is 0. The monoisotopic (exact) mass is 379 g/mol. The Morgan fingerprint density at radius 3 is 2.54 bits per heavy atom. The van der Waals surface area contributed by atoms with Gasteiger partial charge in [0.1, 0.15) is 18.1 Å². The number of likely N-dealkylation sites (N-methyl/N-ethyl adjacent to an activating group) is 1. The van der Waals surface area contributed by atoms with E-state index >= 15 is 0 Å². The molecule has 0 spiro atoms. The van der Waals surface area contributed by atoms with E-state index < -0.39 is 0 Å². The van der Waals surface area contributed by atoms with E-state index in [-0.39, 0.29) is 18.2 Å². The second-order valence-corrected chi connectivity index (χ2v) is 6.98. The first-order chi connectivity index (χ1) is 13.4. The van der Waals surface area contributed by atoms with Crippen molar-refractivity contribution in [2.45, 2.75) is 26.7 Å². The number of nitrogens with zero attached hydrogens (tertiary/aromatic N) is 3. The van der Waals surface area contributed by atoms with Crippen LogP contribution in [-0.4, -0.2) is 42.6 Å². The number of hydrazone groups is 1. The fourth-order valence-electron chi connectivity index (χ4n) is 3.00. The molecule has 0 fully saturated rings. The Morgan fingerprint density at radius 1 is 1.11 bits per heavy atom. The Labute approximate surface area is 165 Å². The highest BCUT2D eigenvalue weighted by Gasteiger charge is 2.27. The van der Waals surface area contributed by atoms with Gasteiger partial charge < -0.3 is 9.64 Å². The highest BCUT2D eigenvalue weighted by molar-refractivity contribution is 6.40. The first-order valence-corrected chi connectivity index (χ1v) is 9.36. The molecule has 0 saturated carbocycles. The standard InChI is InChI=1S/C22H25N3O3/c1-16-6-4-8-18(14-16)25-21(26)11-10-20(23-25)22(27)24(3)12-13-28-19-9-5-7-17(2)15-19/h4-9,14-15H,10-13H2,1-3H3. The molecule has 0 N–H and O–H groups in total. The van der Waals surface area contributed by atoms with E-state index in [1.54, 1.807) is 11.9 Å². The molecule has 1 heterocycles. The third kappa shape index (κ3) is 4.76. The maximum Gasteiger partial charge on any atom is 0.269 e. The summed E-state index contributed by atoms with van der Waals surface area (Å²) in [6.45, 7) is 4.78. The summed E-state index contributed by atoms with van der Waals surface area (Å²) >= 11 is 0. The number of rotatable bonds is 6. The Kier molecular flexibility index (Phi) is 6.09. The van der Waals surface area contributed by atoms with E-state index in [1.807, 2.05) is 62.4 Å². The van der Waals surface area contributed by atoms with Gasteiger partial charge in [-0.25, -0.2) is 5.01 Å². The lowest BCUT2D eigenvalue weighted by atomic mass is 10.1. The fraction of sp³-hybridized carbons (Fsp3) is 0.318. The normalized spacial score (nSPS) is 13.9. The number of ether oxygens (including phenoxy) is 1. The van der Waals surface area contributed by atoms with Gasteiger partial charge in [-0.05, 0) is 49.2 Å². The van der Waals surface area contributed by atoms with Gasteiger partial charge in [0.15, 0.2) is 0 Å². The average molecular weight is 379 g/mol. The number of carbonyl (C=O) groups excluding carboxylic acids is 2. The lowest BCUT2D eigenvalue weighted by Crippen LogP contribution is -2.41. The zero-order valence-electron chi connectivity index (χ0n) is 16.5. The quantitative estimate of drug-likeness (QED) is 0.773. The van der Waals surface area contributed by atoms with Gasteiger partial charge in [-0.1, -0.05) is 24.3 Å². The molecule has 0 saturated heterocycles. The fourth-order valence-corrected chi connectivity index (χ4v) is 3.00. The molecule has 0 atom stereocenters. The van der Waals surface area contributed by atoms with Crippen LogP contribution in [0.2, 0.25) is 0 Å². The Bertz CT molecular complexity index is 907. The largest absolute Gasteiger partial charge is 0.492 e. The second kappa shape index (κ2) is 8.69. The molecule has 0 bridgehead atoms. The summed E-state index contributed by atoms with van der Waals surface area (Å²) in [6.07, 6.45) is 0.620. The first-order valence-electron chi connectivity index (χ1n) is 9.36. The van der Waals surface area contributed by atoms with Crippen LogP contribution in [0.25, 0.3) is 0 Å². The number of aryl methyl sites for hydroxylation is 2. The van der Waals surface area contributed by atoms with Gasteiger partial charge >= 0.3 is 0 Å². The Hall–Kier alpha value is -3.15. The molecule has 0 aliphatic carbocycles. The molecule has 2 aromatic rings. The molecule has 0 unspecified atom stereocenters. The van der Waals surface area contributed by atoms with E-state index in [0.29, 0.717) is 31.0 Å². The van der Waals surface area contributed by atoms with Crippen LogP contribution < -0.4 is 9.75 Å². The maximum absolute atomic E-state index is 12.7. The lowest BCUT2D eigenvalue weighted by Gasteiger charge is -2.25. The summed E-state index contributed by atoms with van der Waals surface area (Å²) in [6, 6.07) is 15.3. The van der Waals surface area contributed by atoms with Crippen LogP contribution in [0, 0.1) is 13.8 Å². The third-order valence-corrected chi connectivity index (χ3v) is 4.56. The van der Waals surface area contributed by atoms with Crippen molar-refractivity contribution in [2.24, 2.45) is 5.10 Å². The molecule has 3 rings (SSSR count). The van der Waals surface area contributed by atoms with E-state index in [0.717, 1.165) is 16.9 Å². The molecule has 146 valence electrons. The highest BCUT2D eigenvalue weighted by atomic mass is 16.5. The minimum Gasteiger partial charge on any atom is -0.492 e. The highest BCUT2D eigenvalue weighted by Crippen LogP contribution is 2.21. The topological polar surface area (TPSA) is 62.2 Å². The molecule has 0 aromatic heterocycles. The van der Waals surface area contributed by atoms with Gasteiger partial charge in [-0.2, -0.15) is 5.10 Å². The second-order valence-electron chi connectivity index (χ2n) is 6.98. The van der Waals surface area contributed by atoms with Gasteiger partial charge in [-0.15, -0.1) is 0 Å². The summed E-state index contributed by atoms with van der Waals surface area (Å²) in [4.78, 5) is 26.6. The minimum atomic E-state index is -0.182. The molecular weight excluding hydrogens is 354 g/mol. The zero-order chi connectivity index (χ0) is 20.1. The third-order valence-electron chi connectivity index (χ3n) is 4.56. The van der Waals surface area contributed by atoms with Crippen LogP contribution in [0.1, 0.15) is 24.0 Å². The van der Waals surface area contributed by atoms with Gasteiger partial charge in [0, 0.05) is 19.9 Å².